The zero-order chi connectivity index (χ0) is 19.3. The molecule has 0 bridgehead atoms. The summed E-state index contributed by atoms with van der Waals surface area (Å²) >= 11 is 0. The van der Waals surface area contributed by atoms with E-state index in [0.717, 1.165) is 41.1 Å². The van der Waals surface area contributed by atoms with Crippen LogP contribution in [0, 0.1) is 0 Å². The maximum absolute atomic E-state index is 12.1. The van der Waals surface area contributed by atoms with Gasteiger partial charge in [-0.1, -0.05) is 0 Å². The number of urea groups is 1. The zero-order valence-electron chi connectivity index (χ0n) is 15.5. The van der Waals surface area contributed by atoms with Crippen molar-refractivity contribution in [3.05, 3.63) is 36.3 Å². The summed E-state index contributed by atoms with van der Waals surface area (Å²) in [5, 5.41) is 17.2. The highest BCUT2D eigenvalue weighted by atomic mass is 16.5. The van der Waals surface area contributed by atoms with Gasteiger partial charge in [-0.2, -0.15) is 5.10 Å². The Morgan fingerprint density at radius 2 is 2.25 bits per heavy atom. The second-order valence-electron chi connectivity index (χ2n) is 6.38. The van der Waals surface area contributed by atoms with Gasteiger partial charge in [0.05, 0.1) is 11.6 Å². The van der Waals surface area contributed by atoms with Crippen molar-refractivity contribution in [2.24, 2.45) is 7.05 Å². The van der Waals surface area contributed by atoms with Crippen molar-refractivity contribution in [2.75, 3.05) is 36.9 Å². The van der Waals surface area contributed by atoms with Gasteiger partial charge in [0.15, 0.2) is 5.65 Å². The highest BCUT2D eigenvalue weighted by Crippen LogP contribution is 2.24. The lowest BCUT2D eigenvalue weighted by Gasteiger charge is -2.11. The average molecular weight is 382 g/mol. The van der Waals surface area contributed by atoms with E-state index < -0.39 is 0 Å². The van der Waals surface area contributed by atoms with Gasteiger partial charge in [0, 0.05) is 44.5 Å². The first-order chi connectivity index (χ1) is 13.7. The minimum absolute atomic E-state index is 0.265. The quantitative estimate of drug-likeness (QED) is 0.488. The fraction of sp³-hybridized carbons (Fsp3) is 0.333. The number of benzene rings is 1. The van der Waals surface area contributed by atoms with Crippen molar-refractivity contribution < 1.29 is 9.53 Å². The molecule has 10 heteroatoms. The molecule has 3 aromatic rings. The molecule has 3 heterocycles. The van der Waals surface area contributed by atoms with Gasteiger partial charge in [0.1, 0.15) is 24.5 Å². The van der Waals surface area contributed by atoms with E-state index in [-0.39, 0.29) is 6.03 Å². The monoisotopic (exact) mass is 382 g/mol. The molecule has 1 aliphatic heterocycles. The molecular formula is C18H22N8O2. The summed E-state index contributed by atoms with van der Waals surface area (Å²) in [6.45, 7) is 3.13. The molecule has 4 N–H and O–H groups in total. The maximum atomic E-state index is 12.1. The average Bonchev–Trinajstić information content (AvgIpc) is 2.93. The molecule has 1 aromatic carbocycles. The Labute approximate surface area is 161 Å². The van der Waals surface area contributed by atoms with Crippen LogP contribution in [-0.4, -0.2) is 52.0 Å². The Morgan fingerprint density at radius 3 is 3.18 bits per heavy atom. The van der Waals surface area contributed by atoms with Gasteiger partial charge in [0.25, 0.3) is 0 Å². The lowest BCUT2D eigenvalue weighted by molar-refractivity contribution is 0.252. The van der Waals surface area contributed by atoms with Gasteiger partial charge in [0.2, 0.25) is 0 Å². The summed E-state index contributed by atoms with van der Waals surface area (Å²) in [6.07, 6.45) is 3.21. The van der Waals surface area contributed by atoms with Gasteiger partial charge in [-0.15, -0.1) is 0 Å². The van der Waals surface area contributed by atoms with Crippen LogP contribution in [0.15, 0.2) is 30.7 Å². The number of carbonyl (C=O) groups is 1. The number of amides is 2. The third kappa shape index (κ3) is 3.96. The van der Waals surface area contributed by atoms with Crippen LogP contribution in [0.5, 0.6) is 5.75 Å². The van der Waals surface area contributed by atoms with Crippen LogP contribution in [0.25, 0.3) is 11.0 Å². The van der Waals surface area contributed by atoms with Gasteiger partial charge >= 0.3 is 6.03 Å². The number of hydrogen-bond donors (Lipinski definition) is 4. The molecule has 0 aliphatic carbocycles. The van der Waals surface area contributed by atoms with Crippen LogP contribution >= 0.6 is 0 Å². The fourth-order valence-corrected chi connectivity index (χ4v) is 3.03. The number of aryl methyl sites for hydroxylation is 1. The third-order valence-corrected chi connectivity index (χ3v) is 4.40. The molecule has 0 radical (unpaired) electrons. The molecule has 4 rings (SSSR count). The summed E-state index contributed by atoms with van der Waals surface area (Å²) in [6, 6.07) is 5.37. The molecule has 0 spiro atoms. The van der Waals surface area contributed by atoms with Crippen molar-refractivity contribution >= 4 is 28.6 Å². The number of carbonyl (C=O) groups excluding carboxylic acids is 1. The van der Waals surface area contributed by atoms with E-state index in [9.17, 15) is 4.79 Å². The van der Waals surface area contributed by atoms with Crippen LogP contribution in [0.4, 0.5) is 16.3 Å². The number of aromatic nitrogens is 4. The summed E-state index contributed by atoms with van der Waals surface area (Å²) in [5.41, 5.74) is 2.51. The van der Waals surface area contributed by atoms with Crippen molar-refractivity contribution in [3.8, 4) is 5.75 Å². The van der Waals surface area contributed by atoms with Gasteiger partial charge in [-0.05, 0) is 18.2 Å². The second-order valence-corrected chi connectivity index (χ2v) is 6.38. The number of ether oxygens (including phenoxy) is 1. The van der Waals surface area contributed by atoms with E-state index in [1.54, 1.807) is 10.9 Å². The molecule has 0 saturated carbocycles. The molecular weight excluding hydrogens is 360 g/mol. The van der Waals surface area contributed by atoms with Gasteiger partial charge < -0.3 is 26.0 Å². The minimum atomic E-state index is -0.265. The van der Waals surface area contributed by atoms with Gasteiger partial charge in [-0.25, -0.2) is 14.8 Å². The Hall–Kier alpha value is -3.40. The van der Waals surface area contributed by atoms with Crippen LogP contribution in [-0.2, 0) is 13.6 Å². The first-order valence-corrected chi connectivity index (χ1v) is 9.08. The van der Waals surface area contributed by atoms with Crippen molar-refractivity contribution in [1.29, 1.82) is 0 Å². The molecule has 2 amide bonds. The van der Waals surface area contributed by atoms with Crippen LogP contribution < -0.4 is 26.0 Å². The highest BCUT2D eigenvalue weighted by molar-refractivity contribution is 5.89. The smallest absolute Gasteiger partial charge is 0.319 e. The topological polar surface area (TPSA) is 118 Å². The Balaban J connectivity index is 1.27. The Kier molecular flexibility index (Phi) is 5.20. The lowest BCUT2D eigenvalue weighted by atomic mass is 10.1. The molecule has 10 nitrogen and oxygen atoms in total. The largest absolute Gasteiger partial charge is 0.492 e. The molecule has 0 atom stereocenters. The van der Waals surface area contributed by atoms with Crippen LogP contribution in [0.2, 0.25) is 0 Å². The fourth-order valence-electron chi connectivity index (χ4n) is 3.03. The molecule has 0 unspecified atom stereocenters. The second kappa shape index (κ2) is 8.09. The normalized spacial score (nSPS) is 13.3. The van der Waals surface area contributed by atoms with E-state index in [0.29, 0.717) is 25.5 Å². The highest BCUT2D eigenvalue weighted by Gasteiger charge is 2.11. The molecule has 28 heavy (non-hydrogen) atoms. The summed E-state index contributed by atoms with van der Waals surface area (Å²) in [5.74, 6) is 1.55. The molecule has 0 fully saturated rings. The number of nitrogens with one attached hydrogen (secondary N) is 4. The predicted molar refractivity (Wildman–Crippen MR) is 105 cm³/mol. The molecule has 1 aliphatic rings. The Morgan fingerprint density at radius 1 is 1.32 bits per heavy atom. The number of nitrogens with zero attached hydrogens (tertiary/aromatic N) is 4. The lowest BCUT2D eigenvalue weighted by Crippen LogP contribution is -2.32. The van der Waals surface area contributed by atoms with E-state index in [2.05, 4.69) is 36.3 Å². The summed E-state index contributed by atoms with van der Waals surface area (Å²) in [4.78, 5) is 20.6. The summed E-state index contributed by atoms with van der Waals surface area (Å²) < 4.78 is 7.34. The van der Waals surface area contributed by atoms with Crippen molar-refractivity contribution in [3.63, 3.8) is 0 Å². The van der Waals surface area contributed by atoms with Crippen LogP contribution in [0.3, 0.4) is 0 Å². The van der Waals surface area contributed by atoms with E-state index in [4.69, 9.17) is 4.74 Å². The SMILES string of the molecule is Cn1ncc2c(NCCNC(=O)Nc3ccc4c(c3)CNCCO4)ncnc21. The summed E-state index contributed by atoms with van der Waals surface area (Å²) in [7, 11) is 1.83. The van der Waals surface area contributed by atoms with Gasteiger partial charge in [-0.3, -0.25) is 4.68 Å². The number of rotatable bonds is 5. The molecule has 146 valence electrons. The number of hydrogen-bond acceptors (Lipinski definition) is 7. The minimum Gasteiger partial charge on any atom is -0.492 e. The zero-order valence-corrected chi connectivity index (χ0v) is 15.5. The van der Waals surface area contributed by atoms with E-state index in [1.165, 1.54) is 6.33 Å². The third-order valence-electron chi connectivity index (χ3n) is 4.40. The Bertz CT molecular complexity index is 987. The van der Waals surface area contributed by atoms with Crippen LogP contribution in [0.1, 0.15) is 5.56 Å². The molecule has 2 aromatic heterocycles. The predicted octanol–water partition coefficient (Wildman–Crippen LogP) is 1.08. The van der Waals surface area contributed by atoms with E-state index in [1.807, 2.05) is 25.2 Å². The maximum Gasteiger partial charge on any atom is 0.319 e. The molecule has 0 saturated heterocycles. The number of fused-ring (bicyclic) bond motifs is 2. The first kappa shape index (κ1) is 18.0. The van der Waals surface area contributed by atoms with Crippen molar-refractivity contribution in [2.45, 2.75) is 6.54 Å². The number of anilines is 2. The first-order valence-electron chi connectivity index (χ1n) is 9.08. The van der Waals surface area contributed by atoms with E-state index >= 15 is 0 Å². The van der Waals surface area contributed by atoms with Crippen molar-refractivity contribution in [1.82, 2.24) is 30.4 Å². The standard InChI is InChI=1S/C18H22N8O2/c1-26-17-14(10-24-26)16(22-11-23-17)20-4-5-21-18(27)25-13-2-3-15-12(8-13)9-19-6-7-28-15/h2-3,8,10-11,19H,4-7,9H2,1H3,(H,20,22,23)(H2,21,25,27).